The van der Waals surface area contributed by atoms with Crippen LogP contribution in [-0.4, -0.2) is 28.9 Å². The van der Waals surface area contributed by atoms with Crippen molar-refractivity contribution in [2.45, 2.75) is 6.54 Å². The van der Waals surface area contributed by atoms with E-state index in [0.29, 0.717) is 12.1 Å². The molecule has 110 valence electrons. The number of rotatable bonds is 4. The van der Waals surface area contributed by atoms with E-state index < -0.39 is 17.6 Å². The van der Waals surface area contributed by atoms with Crippen LogP contribution < -0.4 is 0 Å². The molecule has 1 atom stereocenters. The number of benzene rings is 2. The molecule has 0 unspecified atom stereocenters. The van der Waals surface area contributed by atoms with Gasteiger partial charge in [-0.2, -0.15) is 0 Å². The first-order valence-corrected chi connectivity index (χ1v) is 7.13. The first-order chi connectivity index (χ1) is 10.7. The highest BCUT2D eigenvalue weighted by Crippen LogP contribution is 2.21. The van der Waals surface area contributed by atoms with E-state index in [0.717, 1.165) is 5.56 Å². The standard InChI is InChI=1S/C18H15NO3/c20-16(14-9-5-2-6-10-14)15-12-19(18(22)17(15)21)11-13-7-3-1-4-8-13/h1-10,15H,11-12H2/t15-/m1/s1. The Morgan fingerprint density at radius 2 is 1.55 bits per heavy atom. The Bertz CT molecular complexity index is 710. The number of Topliss-reactive ketones (excluding diaryl/α,β-unsaturated/α-hetero) is 2. The average molecular weight is 293 g/mol. The highest BCUT2D eigenvalue weighted by Gasteiger charge is 2.42. The number of hydrogen-bond acceptors (Lipinski definition) is 3. The van der Waals surface area contributed by atoms with Crippen LogP contribution in [0.5, 0.6) is 0 Å². The zero-order valence-electron chi connectivity index (χ0n) is 11.9. The summed E-state index contributed by atoms with van der Waals surface area (Å²) in [5.41, 5.74) is 1.41. The van der Waals surface area contributed by atoms with Crippen molar-refractivity contribution in [2.24, 2.45) is 5.92 Å². The van der Waals surface area contributed by atoms with E-state index in [1.165, 1.54) is 4.90 Å². The van der Waals surface area contributed by atoms with Crippen LogP contribution in [0, 0.1) is 5.92 Å². The third-order valence-electron chi connectivity index (χ3n) is 3.81. The Balaban J connectivity index is 1.77. The molecule has 1 amide bonds. The highest BCUT2D eigenvalue weighted by atomic mass is 16.2. The molecule has 4 nitrogen and oxygen atoms in total. The van der Waals surface area contributed by atoms with E-state index in [4.69, 9.17) is 0 Å². The van der Waals surface area contributed by atoms with Crippen molar-refractivity contribution >= 4 is 17.5 Å². The Labute approximate surface area is 128 Å². The summed E-state index contributed by atoms with van der Waals surface area (Å²) < 4.78 is 0. The number of hydrogen-bond donors (Lipinski definition) is 0. The van der Waals surface area contributed by atoms with Crippen LogP contribution in [0.25, 0.3) is 0 Å². The van der Waals surface area contributed by atoms with Crippen molar-refractivity contribution in [1.29, 1.82) is 0 Å². The van der Waals surface area contributed by atoms with Crippen LogP contribution in [0.2, 0.25) is 0 Å². The molecule has 0 N–H and O–H groups in total. The lowest BCUT2D eigenvalue weighted by atomic mass is 9.96. The van der Waals surface area contributed by atoms with Gasteiger partial charge in [0.2, 0.25) is 5.78 Å². The summed E-state index contributed by atoms with van der Waals surface area (Å²) in [7, 11) is 0. The predicted molar refractivity (Wildman–Crippen MR) is 81.1 cm³/mol. The van der Waals surface area contributed by atoms with Gasteiger partial charge < -0.3 is 4.90 Å². The SMILES string of the molecule is O=C1C(=O)N(Cc2ccccc2)C[C@@H]1C(=O)c1ccccc1. The third-order valence-corrected chi connectivity index (χ3v) is 3.81. The molecular formula is C18H15NO3. The van der Waals surface area contributed by atoms with Crippen molar-refractivity contribution in [3.05, 3.63) is 71.8 Å². The van der Waals surface area contributed by atoms with Gasteiger partial charge in [0.25, 0.3) is 5.91 Å². The quantitative estimate of drug-likeness (QED) is 0.493. The van der Waals surface area contributed by atoms with Crippen molar-refractivity contribution in [3.8, 4) is 0 Å². The van der Waals surface area contributed by atoms with E-state index >= 15 is 0 Å². The normalized spacial score (nSPS) is 17.8. The molecule has 2 aromatic rings. The summed E-state index contributed by atoms with van der Waals surface area (Å²) >= 11 is 0. The van der Waals surface area contributed by atoms with Gasteiger partial charge in [-0.1, -0.05) is 60.7 Å². The summed E-state index contributed by atoms with van der Waals surface area (Å²) in [4.78, 5) is 38.0. The van der Waals surface area contributed by atoms with Crippen molar-refractivity contribution in [2.75, 3.05) is 6.54 Å². The maximum atomic E-state index is 12.4. The molecule has 0 aliphatic carbocycles. The zero-order valence-corrected chi connectivity index (χ0v) is 11.9. The molecule has 0 spiro atoms. The molecule has 3 rings (SSSR count). The molecule has 0 radical (unpaired) electrons. The summed E-state index contributed by atoms with van der Waals surface area (Å²) in [6, 6.07) is 18.1. The Morgan fingerprint density at radius 3 is 2.18 bits per heavy atom. The number of ketones is 2. The molecule has 1 heterocycles. The van der Waals surface area contributed by atoms with E-state index in [2.05, 4.69) is 0 Å². The largest absolute Gasteiger partial charge is 0.331 e. The van der Waals surface area contributed by atoms with Gasteiger partial charge in [-0.05, 0) is 5.56 Å². The maximum Gasteiger partial charge on any atom is 0.291 e. The summed E-state index contributed by atoms with van der Waals surface area (Å²) in [6.45, 7) is 0.504. The Hall–Kier alpha value is -2.75. The molecule has 4 heteroatoms. The smallest absolute Gasteiger partial charge is 0.291 e. The van der Waals surface area contributed by atoms with Crippen LogP contribution in [0.1, 0.15) is 15.9 Å². The minimum absolute atomic E-state index is 0.153. The van der Waals surface area contributed by atoms with Gasteiger partial charge in [0, 0.05) is 18.7 Å². The fraction of sp³-hybridized carbons (Fsp3) is 0.167. The number of likely N-dealkylation sites (tertiary alicyclic amines) is 1. The van der Waals surface area contributed by atoms with Crippen LogP contribution in [0.4, 0.5) is 0 Å². The second-order valence-corrected chi connectivity index (χ2v) is 5.32. The summed E-state index contributed by atoms with van der Waals surface area (Å²) in [6.07, 6.45) is 0. The molecule has 0 aromatic heterocycles. The van der Waals surface area contributed by atoms with Gasteiger partial charge in [-0.25, -0.2) is 0 Å². The predicted octanol–water partition coefficient (Wildman–Crippen LogP) is 2.10. The van der Waals surface area contributed by atoms with E-state index in [9.17, 15) is 14.4 Å². The second-order valence-electron chi connectivity index (χ2n) is 5.32. The number of nitrogens with zero attached hydrogens (tertiary/aromatic N) is 1. The van der Waals surface area contributed by atoms with Gasteiger partial charge in [0.1, 0.15) is 5.92 Å². The van der Waals surface area contributed by atoms with Crippen molar-refractivity contribution in [3.63, 3.8) is 0 Å². The van der Waals surface area contributed by atoms with E-state index in [1.54, 1.807) is 30.3 Å². The first-order valence-electron chi connectivity index (χ1n) is 7.13. The van der Waals surface area contributed by atoms with Gasteiger partial charge in [-0.3, -0.25) is 14.4 Å². The number of carbonyl (C=O) groups is 3. The van der Waals surface area contributed by atoms with Gasteiger partial charge in [0.15, 0.2) is 5.78 Å². The number of carbonyl (C=O) groups excluding carboxylic acids is 3. The number of amides is 1. The molecular weight excluding hydrogens is 278 g/mol. The zero-order chi connectivity index (χ0) is 15.5. The molecule has 1 saturated heterocycles. The summed E-state index contributed by atoms with van der Waals surface area (Å²) in [5.74, 6) is -2.35. The van der Waals surface area contributed by atoms with Crippen LogP contribution in [0.15, 0.2) is 60.7 Å². The van der Waals surface area contributed by atoms with Gasteiger partial charge >= 0.3 is 0 Å². The van der Waals surface area contributed by atoms with Crippen LogP contribution in [-0.2, 0) is 16.1 Å². The minimum Gasteiger partial charge on any atom is -0.331 e. The van der Waals surface area contributed by atoms with Gasteiger partial charge in [0.05, 0.1) is 0 Å². The molecule has 0 bridgehead atoms. The van der Waals surface area contributed by atoms with Crippen LogP contribution in [0.3, 0.4) is 0 Å². The van der Waals surface area contributed by atoms with E-state index in [1.807, 2.05) is 30.3 Å². The fourth-order valence-electron chi connectivity index (χ4n) is 2.64. The van der Waals surface area contributed by atoms with E-state index in [-0.39, 0.29) is 12.3 Å². The monoisotopic (exact) mass is 293 g/mol. The van der Waals surface area contributed by atoms with Crippen LogP contribution >= 0.6 is 0 Å². The third kappa shape index (κ3) is 2.68. The van der Waals surface area contributed by atoms with Crippen molar-refractivity contribution in [1.82, 2.24) is 4.90 Å². The fourth-order valence-corrected chi connectivity index (χ4v) is 2.64. The minimum atomic E-state index is -0.890. The average Bonchev–Trinajstić information content (AvgIpc) is 2.84. The topological polar surface area (TPSA) is 54.5 Å². The van der Waals surface area contributed by atoms with Gasteiger partial charge in [-0.15, -0.1) is 0 Å². The molecule has 1 aliphatic heterocycles. The molecule has 1 aliphatic rings. The molecule has 2 aromatic carbocycles. The lowest BCUT2D eigenvalue weighted by molar-refractivity contribution is -0.140. The molecule has 1 fully saturated rings. The van der Waals surface area contributed by atoms with Crippen molar-refractivity contribution < 1.29 is 14.4 Å². The Morgan fingerprint density at radius 1 is 0.955 bits per heavy atom. The first kappa shape index (κ1) is 14.2. The summed E-state index contributed by atoms with van der Waals surface area (Å²) in [5, 5.41) is 0. The Kier molecular flexibility index (Phi) is 3.83. The highest BCUT2D eigenvalue weighted by molar-refractivity contribution is 6.43. The maximum absolute atomic E-state index is 12.4. The molecule has 0 saturated carbocycles. The second kappa shape index (κ2) is 5.93. The molecule has 22 heavy (non-hydrogen) atoms. The lowest BCUT2D eigenvalue weighted by Crippen LogP contribution is -2.26. The lowest BCUT2D eigenvalue weighted by Gasteiger charge is -2.15.